The van der Waals surface area contributed by atoms with E-state index >= 15 is 0 Å². The van der Waals surface area contributed by atoms with Gasteiger partial charge in [0, 0.05) is 31.2 Å². The predicted octanol–water partition coefficient (Wildman–Crippen LogP) is 3.64. The first-order chi connectivity index (χ1) is 16.2. The molecule has 2 aliphatic heterocycles. The van der Waals surface area contributed by atoms with Gasteiger partial charge in [0.1, 0.15) is 6.04 Å². The minimum Gasteiger partial charge on any atom is -0.330 e. The fourth-order valence-electron chi connectivity index (χ4n) is 4.78. The van der Waals surface area contributed by atoms with E-state index in [1.165, 1.54) is 4.31 Å². The van der Waals surface area contributed by atoms with Crippen LogP contribution in [0.3, 0.4) is 0 Å². The monoisotopic (exact) mass is 483 g/mol. The van der Waals surface area contributed by atoms with E-state index in [0.717, 1.165) is 28.8 Å². The molecule has 2 aromatic carbocycles. The van der Waals surface area contributed by atoms with Crippen molar-refractivity contribution in [2.75, 3.05) is 25.0 Å². The molecule has 0 radical (unpaired) electrons. The molecule has 0 spiro atoms. The van der Waals surface area contributed by atoms with Crippen molar-refractivity contribution >= 4 is 27.5 Å². The molecule has 2 fully saturated rings. The van der Waals surface area contributed by atoms with Crippen LogP contribution in [0.25, 0.3) is 0 Å². The molecule has 4 rings (SSSR count). The standard InChI is InChI=1S/C26H33N3O4S/c1-18-6-10-23(11-7-18)34(32,33)28-15-12-21(13-16-28)26(31)29-14-4-5-24(29)25(30)27-22-9-8-19(2)20(3)17-22/h6-11,17,21,24H,4-5,12-16H2,1-3H3,(H,27,30). The van der Waals surface area contributed by atoms with E-state index in [1.807, 2.05) is 39.0 Å². The van der Waals surface area contributed by atoms with Gasteiger partial charge in [-0.15, -0.1) is 0 Å². The lowest BCUT2D eigenvalue weighted by molar-refractivity contribution is -0.141. The van der Waals surface area contributed by atoms with Gasteiger partial charge in [0.15, 0.2) is 0 Å². The van der Waals surface area contributed by atoms with Crippen molar-refractivity contribution in [1.29, 1.82) is 0 Å². The molecule has 2 aromatic rings. The number of sulfonamides is 1. The molecule has 1 unspecified atom stereocenters. The summed E-state index contributed by atoms with van der Waals surface area (Å²) in [5, 5.41) is 2.97. The molecular weight excluding hydrogens is 450 g/mol. The summed E-state index contributed by atoms with van der Waals surface area (Å²) in [4.78, 5) is 28.3. The van der Waals surface area contributed by atoms with Gasteiger partial charge in [-0.1, -0.05) is 23.8 Å². The summed E-state index contributed by atoms with van der Waals surface area (Å²) >= 11 is 0. The summed E-state index contributed by atoms with van der Waals surface area (Å²) in [6.07, 6.45) is 2.36. The number of hydrogen-bond donors (Lipinski definition) is 1. The highest BCUT2D eigenvalue weighted by molar-refractivity contribution is 7.89. The maximum absolute atomic E-state index is 13.3. The molecule has 34 heavy (non-hydrogen) atoms. The van der Waals surface area contributed by atoms with Gasteiger partial charge in [-0.2, -0.15) is 4.31 Å². The van der Waals surface area contributed by atoms with Crippen LogP contribution in [-0.2, 0) is 19.6 Å². The van der Waals surface area contributed by atoms with E-state index in [4.69, 9.17) is 0 Å². The van der Waals surface area contributed by atoms with Crippen LogP contribution in [0, 0.1) is 26.7 Å². The first kappa shape index (κ1) is 24.4. The number of amides is 2. The van der Waals surface area contributed by atoms with Gasteiger partial charge in [0.2, 0.25) is 21.8 Å². The molecule has 0 saturated carbocycles. The highest BCUT2D eigenvalue weighted by atomic mass is 32.2. The molecule has 0 aliphatic carbocycles. The largest absolute Gasteiger partial charge is 0.330 e. The maximum atomic E-state index is 13.3. The number of likely N-dealkylation sites (tertiary alicyclic amines) is 1. The lowest BCUT2D eigenvalue weighted by Crippen LogP contribution is -2.48. The molecule has 1 N–H and O–H groups in total. The first-order valence-electron chi connectivity index (χ1n) is 11.9. The Morgan fingerprint density at radius 1 is 0.882 bits per heavy atom. The summed E-state index contributed by atoms with van der Waals surface area (Å²) in [5.74, 6) is -0.460. The lowest BCUT2D eigenvalue weighted by atomic mass is 9.96. The molecule has 182 valence electrons. The Bertz CT molecular complexity index is 1170. The van der Waals surface area contributed by atoms with Gasteiger partial charge in [-0.25, -0.2) is 8.42 Å². The number of carbonyl (C=O) groups is 2. The van der Waals surface area contributed by atoms with Crippen molar-refractivity contribution in [2.24, 2.45) is 5.92 Å². The van der Waals surface area contributed by atoms with Crippen molar-refractivity contribution in [1.82, 2.24) is 9.21 Å². The quantitative estimate of drug-likeness (QED) is 0.703. The molecule has 2 heterocycles. The number of anilines is 1. The van der Waals surface area contributed by atoms with E-state index in [-0.39, 0.29) is 22.6 Å². The Balaban J connectivity index is 1.37. The van der Waals surface area contributed by atoms with E-state index in [9.17, 15) is 18.0 Å². The normalized spacial score (nSPS) is 19.9. The number of rotatable bonds is 5. The van der Waals surface area contributed by atoms with Crippen LogP contribution in [0.1, 0.15) is 42.4 Å². The van der Waals surface area contributed by atoms with E-state index in [1.54, 1.807) is 29.2 Å². The molecule has 1 atom stereocenters. The summed E-state index contributed by atoms with van der Waals surface area (Å²) in [6.45, 7) is 7.12. The topological polar surface area (TPSA) is 86.8 Å². The molecule has 2 amide bonds. The SMILES string of the molecule is Cc1ccc(S(=O)(=O)N2CCC(C(=O)N3CCCC3C(=O)Nc3ccc(C)c(C)c3)CC2)cc1. The van der Waals surface area contributed by atoms with Crippen molar-refractivity contribution in [2.45, 2.75) is 57.4 Å². The van der Waals surface area contributed by atoms with Crippen LogP contribution < -0.4 is 5.32 Å². The zero-order valence-electron chi connectivity index (χ0n) is 20.1. The fraction of sp³-hybridized carbons (Fsp3) is 0.462. The van der Waals surface area contributed by atoms with Crippen LogP contribution in [0.15, 0.2) is 47.4 Å². The highest BCUT2D eigenvalue weighted by Gasteiger charge is 2.39. The summed E-state index contributed by atoms with van der Waals surface area (Å²) in [6, 6.07) is 12.2. The molecule has 2 aliphatic rings. The second-order valence-corrected chi connectivity index (χ2v) is 11.4. The third-order valence-corrected chi connectivity index (χ3v) is 8.99. The number of piperidine rings is 1. The Morgan fingerprint density at radius 2 is 1.56 bits per heavy atom. The molecule has 8 heteroatoms. The van der Waals surface area contributed by atoms with E-state index < -0.39 is 16.1 Å². The maximum Gasteiger partial charge on any atom is 0.247 e. The fourth-order valence-corrected chi connectivity index (χ4v) is 6.25. The molecule has 2 saturated heterocycles. The smallest absolute Gasteiger partial charge is 0.247 e. The molecule has 7 nitrogen and oxygen atoms in total. The van der Waals surface area contributed by atoms with Gasteiger partial charge in [0.25, 0.3) is 0 Å². The van der Waals surface area contributed by atoms with Crippen LogP contribution in [-0.4, -0.2) is 55.1 Å². The lowest BCUT2D eigenvalue weighted by Gasteiger charge is -2.34. The zero-order valence-corrected chi connectivity index (χ0v) is 20.9. The van der Waals surface area contributed by atoms with Gasteiger partial charge < -0.3 is 10.2 Å². The average molecular weight is 484 g/mol. The Labute approximate surface area is 202 Å². The summed E-state index contributed by atoms with van der Waals surface area (Å²) in [7, 11) is -3.57. The summed E-state index contributed by atoms with van der Waals surface area (Å²) in [5.41, 5.74) is 4.00. The van der Waals surface area contributed by atoms with Gasteiger partial charge in [-0.3, -0.25) is 9.59 Å². The number of benzene rings is 2. The number of carbonyl (C=O) groups excluding carboxylic acids is 2. The first-order valence-corrected chi connectivity index (χ1v) is 13.4. The van der Waals surface area contributed by atoms with Gasteiger partial charge in [-0.05, 0) is 81.8 Å². The van der Waals surface area contributed by atoms with Gasteiger partial charge in [0.05, 0.1) is 4.90 Å². The number of nitrogens with one attached hydrogen (secondary N) is 1. The predicted molar refractivity (Wildman–Crippen MR) is 132 cm³/mol. The van der Waals surface area contributed by atoms with Crippen molar-refractivity contribution < 1.29 is 18.0 Å². The van der Waals surface area contributed by atoms with Crippen molar-refractivity contribution in [3.8, 4) is 0 Å². The van der Waals surface area contributed by atoms with E-state index in [2.05, 4.69) is 5.32 Å². The second kappa shape index (κ2) is 9.88. The van der Waals surface area contributed by atoms with Crippen molar-refractivity contribution in [3.05, 3.63) is 59.2 Å². The zero-order chi connectivity index (χ0) is 24.5. The third kappa shape index (κ3) is 5.03. The van der Waals surface area contributed by atoms with Gasteiger partial charge >= 0.3 is 0 Å². The van der Waals surface area contributed by atoms with Crippen LogP contribution in [0.4, 0.5) is 5.69 Å². The average Bonchev–Trinajstić information content (AvgIpc) is 3.31. The molecule has 0 bridgehead atoms. The van der Waals surface area contributed by atoms with E-state index in [0.29, 0.717) is 38.9 Å². The number of nitrogens with zero attached hydrogens (tertiary/aromatic N) is 2. The minimum absolute atomic E-state index is 0.0369. The Kier molecular flexibility index (Phi) is 7.09. The Morgan fingerprint density at radius 3 is 2.21 bits per heavy atom. The third-order valence-electron chi connectivity index (χ3n) is 7.07. The van der Waals surface area contributed by atoms with Crippen LogP contribution >= 0.6 is 0 Å². The number of hydrogen-bond acceptors (Lipinski definition) is 4. The molecular formula is C26H33N3O4S. The highest BCUT2D eigenvalue weighted by Crippen LogP contribution is 2.29. The summed E-state index contributed by atoms with van der Waals surface area (Å²) < 4.78 is 27.4. The minimum atomic E-state index is -3.57. The molecule has 0 aromatic heterocycles. The van der Waals surface area contributed by atoms with Crippen LogP contribution in [0.2, 0.25) is 0 Å². The number of aryl methyl sites for hydroxylation is 3. The Hall–Kier alpha value is -2.71. The van der Waals surface area contributed by atoms with Crippen molar-refractivity contribution in [3.63, 3.8) is 0 Å². The van der Waals surface area contributed by atoms with Crippen LogP contribution in [0.5, 0.6) is 0 Å². The second-order valence-electron chi connectivity index (χ2n) is 9.47.